The lowest BCUT2D eigenvalue weighted by Crippen LogP contribution is -2.29. The molecule has 1 saturated carbocycles. The second-order valence-electron chi connectivity index (χ2n) is 7.86. The number of hydrogen-bond donors (Lipinski definition) is 1. The van der Waals surface area contributed by atoms with Gasteiger partial charge in [-0.05, 0) is 49.4 Å². The predicted molar refractivity (Wildman–Crippen MR) is 94.6 cm³/mol. The molecule has 0 bridgehead atoms. The summed E-state index contributed by atoms with van der Waals surface area (Å²) in [6, 6.07) is 6.16. The standard InChI is InChI=1S/C20H28N2O2/c1-22-11-15-10-21-20(23)18-9-16(7-8-17(18)19(15)12-22)24-13-14-5-3-2-4-6-14/h7-9,14-15,19H,2-6,10-13H2,1H3,(H,21,23). The van der Waals surface area contributed by atoms with Gasteiger partial charge in [0.2, 0.25) is 0 Å². The fourth-order valence-corrected chi connectivity index (χ4v) is 4.68. The first-order valence-corrected chi connectivity index (χ1v) is 9.44. The lowest BCUT2D eigenvalue weighted by molar-refractivity contribution is 0.0951. The summed E-state index contributed by atoms with van der Waals surface area (Å²) in [5, 5.41) is 3.10. The minimum absolute atomic E-state index is 0.0603. The molecule has 2 fully saturated rings. The third kappa shape index (κ3) is 3.16. The van der Waals surface area contributed by atoms with Crippen LogP contribution >= 0.6 is 0 Å². The minimum Gasteiger partial charge on any atom is -0.493 e. The second kappa shape index (κ2) is 6.75. The third-order valence-corrected chi connectivity index (χ3v) is 6.03. The summed E-state index contributed by atoms with van der Waals surface area (Å²) in [5.74, 6) is 2.56. The smallest absolute Gasteiger partial charge is 0.251 e. The van der Waals surface area contributed by atoms with Crippen molar-refractivity contribution < 1.29 is 9.53 Å². The Hall–Kier alpha value is -1.55. The minimum atomic E-state index is 0.0603. The van der Waals surface area contributed by atoms with Crippen LogP contribution in [0.5, 0.6) is 5.75 Å². The van der Waals surface area contributed by atoms with Gasteiger partial charge in [0.05, 0.1) is 6.61 Å². The zero-order valence-corrected chi connectivity index (χ0v) is 14.6. The van der Waals surface area contributed by atoms with Crippen LogP contribution in [-0.2, 0) is 0 Å². The number of nitrogens with one attached hydrogen (secondary N) is 1. The highest BCUT2D eigenvalue weighted by molar-refractivity contribution is 5.96. The Morgan fingerprint density at radius 3 is 2.88 bits per heavy atom. The summed E-state index contributed by atoms with van der Waals surface area (Å²) in [4.78, 5) is 14.9. The third-order valence-electron chi connectivity index (χ3n) is 6.03. The number of likely N-dealkylation sites (tertiary alicyclic amines) is 1. The Balaban J connectivity index is 1.51. The molecule has 4 heteroatoms. The van der Waals surface area contributed by atoms with Crippen molar-refractivity contribution in [2.75, 3.05) is 33.3 Å². The molecule has 0 radical (unpaired) electrons. The summed E-state index contributed by atoms with van der Waals surface area (Å²) >= 11 is 0. The Kier molecular flexibility index (Phi) is 4.49. The molecule has 1 amide bonds. The van der Waals surface area contributed by atoms with Crippen molar-refractivity contribution in [2.45, 2.75) is 38.0 Å². The van der Waals surface area contributed by atoms with E-state index in [1.807, 2.05) is 6.07 Å². The highest BCUT2D eigenvalue weighted by atomic mass is 16.5. The first-order chi connectivity index (χ1) is 11.7. The van der Waals surface area contributed by atoms with Crippen molar-refractivity contribution in [3.8, 4) is 5.75 Å². The Bertz CT molecular complexity index is 610. The molecule has 4 nitrogen and oxygen atoms in total. The number of amides is 1. The summed E-state index contributed by atoms with van der Waals surface area (Å²) in [6.07, 6.45) is 6.59. The molecule has 24 heavy (non-hydrogen) atoms. The highest BCUT2D eigenvalue weighted by Gasteiger charge is 2.36. The molecule has 2 aliphatic heterocycles. The number of fused-ring (bicyclic) bond motifs is 3. The molecule has 1 saturated heterocycles. The fourth-order valence-electron chi connectivity index (χ4n) is 4.68. The summed E-state index contributed by atoms with van der Waals surface area (Å²) in [5.41, 5.74) is 2.02. The monoisotopic (exact) mass is 328 g/mol. The van der Waals surface area contributed by atoms with Gasteiger partial charge in [-0.1, -0.05) is 25.3 Å². The Morgan fingerprint density at radius 2 is 2.04 bits per heavy atom. The molecule has 2 atom stereocenters. The second-order valence-corrected chi connectivity index (χ2v) is 7.86. The van der Waals surface area contributed by atoms with E-state index in [0.717, 1.165) is 37.6 Å². The van der Waals surface area contributed by atoms with E-state index in [1.165, 1.54) is 37.7 Å². The van der Waals surface area contributed by atoms with Gasteiger partial charge in [0.15, 0.2) is 0 Å². The normalized spacial score (nSPS) is 28.0. The van der Waals surface area contributed by atoms with Crippen LogP contribution in [0.4, 0.5) is 0 Å². The van der Waals surface area contributed by atoms with E-state index in [0.29, 0.717) is 17.8 Å². The molecule has 0 spiro atoms. The zero-order valence-electron chi connectivity index (χ0n) is 14.6. The quantitative estimate of drug-likeness (QED) is 0.927. The molecule has 4 rings (SSSR count). The van der Waals surface area contributed by atoms with Crippen molar-refractivity contribution in [3.05, 3.63) is 29.3 Å². The van der Waals surface area contributed by atoms with Gasteiger partial charge in [-0.2, -0.15) is 0 Å². The summed E-state index contributed by atoms with van der Waals surface area (Å²) in [6.45, 7) is 3.66. The lowest BCUT2D eigenvalue weighted by Gasteiger charge is -2.22. The van der Waals surface area contributed by atoms with Crippen LogP contribution < -0.4 is 10.1 Å². The van der Waals surface area contributed by atoms with Crippen LogP contribution in [0.25, 0.3) is 0 Å². The van der Waals surface area contributed by atoms with Gasteiger partial charge >= 0.3 is 0 Å². The van der Waals surface area contributed by atoms with E-state index in [9.17, 15) is 4.79 Å². The first-order valence-electron chi connectivity index (χ1n) is 9.44. The maximum atomic E-state index is 12.5. The van der Waals surface area contributed by atoms with Crippen molar-refractivity contribution in [3.63, 3.8) is 0 Å². The van der Waals surface area contributed by atoms with E-state index >= 15 is 0 Å². The zero-order chi connectivity index (χ0) is 16.5. The molecule has 0 aromatic heterocycles. The summed E-state index contributed by atoms with van der Waals surface area (Å²) in [7, 11) is 2.16. The lowest BCUT2D eigenvalue weighted by atomic mass is 9.87. The Labute approximate surface area is 144 Å². The van der Waals surface area contributed by atoms with Gasteiger partial charge in [-0.3, -0.25) is 4.79 Å². The number of hydrogen-bond acceptors (Lipinski definition) is 3. The van der Waals surface area contributed by atoms with Gasteiger partial charge in [0.1, 0.15) is 5.75 Å². The SMILES string of the molecule is CN1CC2CNC(=O)c3cc(OCC4CCCCC4)ccc3C2C1. The number of nitrogens with zero attached hydrogens (tertiary/aromatic N) is 1. The molecule has 1 aromatic rings. The number of rotatable bonds is 3. The highest BCUT2D eigenvalue weighted by Crippen LogP contribution is 2.37. The topological polar surface area (TPSA) is 41.6 Å². The summed E-state index contributed by atoms with van der Waals surface area (Å²) < 4.78 is 6.04. The molecule has 2 unspecified atom stereocenters. The van der Waals surface area contributed by atoms with Gasteiger partial charge in [-0.15, -0.1) is 0 Å². The first kappa shape index (κ1) is 15.9. The van der Waals surface area contributed by atoms with Crippen molar-refractivity contribution >= 4 is 5.91 Å². The van der Waals surface area contributed by atoms with Crippen LogP contribution in [0.1, 0.15) is 53.9 Å². The number of likely N-dealkylation sites (N-methyl/N-ethyl adjacent to an activating group) is 1. The van der Waals surface area contributed by atoms with Gasteiger partial charge in [0.25, 0.3) is 5.91 Å². The van der Waals surface area contributed by atoms with E-state index in [4.69, 9.17) is 4.74 Å². The molecular weight excluding hydrogens is 300 g/mol. The van der Waals surface area contributed by atoms with E-state index in [1.54, 1.807) is 0 Å². The maximum absolute atomic E-state index is 12.5. The molecule has 1 aliphatic carbocycles. The van der Waals surface area contributed by atoms with Crippen molar-refractivity contribution in [1.29, 1.82) is 0 Å². The molecule has 130 valence electrons. The molecule has 2 heterocycles. The van der Waals surface area contributed by atoms with E-state index in [-0.39, 0.29) is 5.91 Å². The number of ether oxygens (including phenoxy) is 1. The van der Waals surface area contributed by atoms with Gasteiger partial charge < -0.3 is 15.0 Å². The molecule has 3 aliphatic rings. The van der Waals surface area contributed by atoms with Crippen molar-refractivity contribution in [1.82, 2.24) is 10.2 Å². The predicted octanol–water partition coefficient (Wildman–Crippen LogP) is 3.03. The van der Waals surface area contributed by atoms with Gasteiger partial charge in [0, 0.05) is 31.1 Å². The molecule has 1 aromatic carbocycles. The number of benzene rings is 1. The van der Waals surface area contributed by atoms with Gasteiger partial charge in [-0.25, -0.2) is 0 Å². The van der Waals surface area contributed by atoms with Crippen LogP contribution in [0, 0.1) is 11.8 Å². The van der Waals surface area contributed by atoms with Crippen LogP contribution in [0.15, 0.2) is 18.2 Å². The number of carbonyl (C=O) groups excluding carboxylic acids is 1. The van der Waals surface area contributed by atoms with E-state index in [2.05, 4.69) is 29.4 Å². The Morgan fingerprint density at radius 1 is 1.21 bits per heavy atom. The number of carbonyl (C=O) groups is 1. The largest absolute Gasteiger partial charge is 0.493 e. The van der Waals surface area contributed by atoms with Crippen LogP contribution in [-0.4, -0.2) is 44.1 Å². The van der Waals surface area contributed by atoms with Crippen LogP contribution in [0.3, 0.4) is 0 Å². The average molecular weight is 328 g/mol. The van der Waals surface area contributed by atoms with E-state index < -0.39 is 0 Å². The average Bonchev–Trinajstić information content (AvgIpc) is 2.93. The van der Waals surface area contributed by atoms with Crippen LogP contribution in [0.2, 0.25) is 0 Å². The maximum Gasteiger partial charge on any atom is 0.251 e. The fraction of sp³-hybridized carbons (Fsp3) is 0.650. The van der Waals surface area contributed by atoms with Crippen molar-refractivity contribution in [2.24, 2.45) is 11.8 Å². The molecule has 1 N–H and O–H groups in total. The molecular formula is C20H28N2O2.